The van der Waals surface area contributed by atoms with E-state index in [1.807, 2.05) is 23.1 Å². The summed E-state index contributed by atoms with van der Waals surface area (Å²) in [5.41, 5.74) is 6.66. The van der Waals surface area contributed by atoms with E-state index in [0.717, 1.165) is 0 Å². The van der Waals surface area contributed by atoms with Gasteiger partial charge in [-0.2, -0.15) is 0 Å². The van der Waals surface area contributed by atoms with Crippen LogP contribution in [-0.2, 0) is 11.3 Å². The first-order valence-electron chi connectivity index (χ1n) is 6.26. The molecule has 2 rings (SSSR count). The fourth-order valence-corrected chi connectivity index (χ4v) is 2.19. The lowest BCUT2D eigenvalue weighted by Gasteiger charge is -2.29. The Morgan fingerprint density at radius 1 is 1.41 bits per heavy atom. The van der Waals surface area contributed by atoms with E-state index in [1.165, 1.54) is 18.4 Å². The van der Waals surface area contributed by atoms with E-state index in [9.17, 15) is 4.79 Å². The van der Waals surface area contributed by atoms with Crippen LogP contribution in [0.5, 0.6) is 0 Å². The highest BCUT2D eigenvalue weighted by molar-refractivity contribution is 5.78. The lowest BCUT2D eigenvalue weighted by molar-refractivity contribution is -0.132. The van der Waals surface area contributed by atoms with Gasteiger partial charge in [-0.25, -0.2) is 0 Å². The average Bonchev–Trinajstić information content (AvgIpc) is 3.20. The molecule has 1 aliphatic rings. The molecule has 3 heteroatoms. The lowest BCUT2D eigenvalue weighted by atomic mass is 10.1. The number of amides is 1. The van der Waals surface area contributed by atoms with Gasteiger partial charge in [0.1, 0.15) is 0 Å². The van der Waals surface area contributed by atoms with Crippen LogP contribution >= 0.6 is 0 Å². The third kappa shape index (κ3) is 3.07. The fourth-order valence-electron chi connectivity index (χ4n) is 2.19. The minimum absolute atomic E-state index is 0.0493. The Balaban J connectivity index is 2.07. The van der Waals surface area contributed by atoms with Gasteiger partial charge in [0, 0.05) is 12.6 Å². The van der Waals surface area contributed by atoms with E-state index in [2.05, 4.69) is 19.1 Å². The highest BCUT2D eigenvalue weighted by Crippen LogP contribution is 2.35. The number of hydrogen-bond donors (Lipinski definition) is 1. The predicted octanol–water partition coefficient (Wildman–Crippen LogP) is 1.77. The zero-order valence-electron chi connectivity index (χ0n) is 10.3. The molecule has 0 unspecified atom stereocenters. The molecule has 0 spiro atoms. The maximum absolute atomic E-state index is 11.9. The van der Waals surface area contributed by atoms with Gasteiger partial charge in [0.05, 0.1) is 6.54 Å². The summed E-state index contributed by atoms with van der Waals surface area (Å²) in [6.07, 6.45) is 2.48. The normalized spacial score (nSPS) is 16.6. The van der Waals surface area contributed by atoms with Crippen molar-refractivity contribution in [1.29, 1.82) is 0 Å². The van der Waals surface area contributed by atoms with Gasteiger partial charge in [0.2, 0.25) is 5.91 Å². The molecule has 0 radical (unpaired) electrons. The molecule has 1 aliphatic carbocycles. The molecule has 0 aromatic heterocycles. The van der Waals surface area contributed by atoms with Crippen molar-refractivity contribution in [2.75, 3.05) is 6.54 Å². The molecule has 92 valence electrons. The molecule has 3 nitrogen and oxygen atoms in total. The summed E-state index contributed by atoms with van der Waals surface area (Å²) >= 11 is 0. The second kappa shape index (κ2) is 5.32. The monoisotopic (exact) mass is 232 g/mol. The van der Waals surface area contributed by atoms with Crippen LogP contribution in [0.25, 0.3) is 0 Å². The molecule has 2 N–H and O–H groups in total. The SMILES string of the molecule is C[C@@H](C1CC1)N(Cc1ccccc1)C(=O)CN. The zero-order chi connectivity index (χ0) is 12.3. The summed E-state index contributed by atoms with van der Waals surface area (Å²) in [5.74, 6) is 0.725. The Morgan fingerprint density at radius 3 is 2.59 bits per heavy atom. The summed E-state index contributed by atoms with van der Waals surface area (Å²) in [5, 5.41) is 0. The molecule has 0 aliphatic heterocycles. The van der Waals surface area contributed by atoms with Gasteiger partial charge in [-0.05, 0) is 31.2 Å². The number of benzene rings is 1. The minimum atomic E-state index is 0.0493. The predicted molar refractivity (Wildman–Crippen MR) is 68.2 cm³/mol. The molecule has 0 saturated heterocycles. The van der Waals surface area contributed by atoms with Crippen molar-refractivity contribution >= 4 is 5.91 Å². The highest BCUT2D eigenvalue weighted by atomic mass is 16.2. The Kier molecular flexibility index (Phi) is 3.79. The van der Waals surface area contributed by atoms with Gasteiger partial charge < -0.3 is 10.6 Å². The van der Waals surface area contributed by atoms with Crippen LogP contribution in [0.15, 0.2) is 30.3 Å². The van der Waals surface area contributed by atoms with Crippen LogP contribution in [0.3, 0.4) is 0 Å². The largest absolute Gasteiger partial charge is 0.334 e. The Hall–Kier alpha value is -1.35. The molecular formula is C14H20N2O. The number of hydrogen-bond acceptors (Lipinski definition) is 2. The summed E-state index contributed by atoms with van der Waals surface area (Å²) in [4.78, 5) is 13.8. The third-order valence-corrected chi connectivity index (χ3v) is 3.49. The molecule has 0 heterocycles. The first-order valence-corrected chi connectivity index (χ1v) is 6.26. The van der Waals surface area contributed by atoms with Gasteiger partial charge in [-0.15, -0.1) is 0 Å². The Morgan fingerprint density at radius 2 is 2.06 bits per heavy atom. The topological polar surface area (TPSA) is 46.3 Å². The summed E-state index contributed by atoms with van der Waals surface area (Å²) in [7, 11) is 0. The van der Waals surface area contributed by atoms with Gasteiger partial charge in [0.15, 0.2) is 0 Å². The van der Waals surface area contributed by atoms with Crippen LogP contribution in [0.2, 0.25) is 0 Å². The smallest absolute Gasteiger partial charge is 0.236 e. The molecule has 0 bridgehead atoms. The maximum Gasteiger partial charge on any atom is 0.236 e. The molecule has 1 aromatic rings. The quantitative estimate of drug-likeness (QED) is 0.841. The minimum Gasteiger partial charge on any atom is -0.334 e. The standard InChI is InChI=1S/C14H20N2O/c1-11(13-7-8-13)16(14(17)9-15)10-12-5-3-2-4-6-12/h2-6,11,13H,7-10,15H2,1H3/t11-/m0/s1. The summed E-state index contributed by atoms with van der Waals surface area (Å²) in [6, 6.07) is 10.4. The maximum atomic E-state index is 11.9. The average molecular weight is 232 g/mol. The van der Waals surface area contributed by atoms with E-state index in [4.69, 9.17) is 5.73 Å². The van der Waals surface area contributed by atoms with Gasteiger partial charge in [0.25, 0.3) is 0 Å². The van der Waals surface area contributed by atoms with E-state index >= 15 is 0 Å². The Labute approximate surface area is 103 Å². The van der Waals surface area contributed by atoms with Gasteiger partial charge in [-0.1, -0.05) is 30.3 Å². The van der Waals surface area contributed by atoms with Crippen molar-refractivity contribution < 1.29 is 4.79 Å². The lowest BCUT2D eigenvalue weighted by Crippen LogP contribution is -2.42. The van der Waals surface area contributed by atoms with E-state index in [-0.39, 0.29) is 12.5 Å². The number of nitrogens with zero attached hydrogens (tertiary/aromatic N) is 1. The first kappa shape index (κ1) is 12.1. The van der Waals surface area contributed by atoms with Crippen molar-refractivity contribution in [3.8, 4) is 0 Å². The van der Waals surface area contributed by atoms with Crippen LogP contribution in [0, 0.1) is 5.92 Å². The molecule has 1 atom stereocenters. The second-order valence-electron chi connectivity index (χ2n) is 4.79. The molecule has 1 amide bonds. The second-order valence-corrected chi connectivity index (χ2v) is 4.79. The van der Waals surface area contributed by atoms with Crippen molar-refractivity contribution in [2.45, 2.75) is 32.4 Å². The molecule has 17 heavy (non-hydrogen) atoms. The van der Waals surface area contributed by atoms with Crippen molar-refractivity contribution in [3.05, 3.63) is 35.9 Å². The number of carbonyl (C=O) groups is 1. The van der Waals surface area contributed by atoms with Crippen LogP contribution < -0.4 is 5.73 Å². The molecule has 1 fully saturated rings. The van der Waals surface area contributed by atoms with Gasteiger partial charge >= 0.3 is 0 Å². The highest BCUT2D eigenvalue weighted by Gasteiger charge is 2.33. The summed E-state index contributed by atoms with van der Waals surface area (Å²) < 4.78 is 0. The Bertz CT molecular complexity index is 373. The van der Waals surface area contributed by atoms with E-state index < -0.39 is 0 Å². The number of carbonyl (C=O) groups excluding carboxylic acids is 1. The van der Waals surface area contributed by atoms with E-state index in [0.29, 0.717) is 18.5 Å². The number of nitrogens with two attached hydrogens (primary N) is 1. The first-order chi connectivity index (χ1) is 8.22. The molecular weight excluding hydrogens is 212 g/mol. The molecule has 1 aromatic carbocycles. The van der Waals surface area contributed by atoms with Crippen molar-refractivity contribution in [2.24, 2.45) is 11.7 Å². The molecule has 1 saturated carbocycles. The summed E-state index contributed by atoms with van der Waals surface area (Å²) in [6.45, 7) is 2.91. The zero-order valence-corrected chi connectivity index (χ0v) is 10.3. The third-order valence-electron chi connectivity index (χ3n) is 3.49. The van der Waals surface area contributed by atoms with Crippen molar-refractivity contribution in [1.82, 2.24) is 4.90 Å². The van der Waals surface area contributed by atoms with Crippen molar-refractivity contribution in [3.63, 3.8) is 0 Å². The van der Waals surface area contributed by atoms with E-state index in [1.54, 1.807) is 0 Å². The van der Waals surface area contributed by atoms with Crippen LogP contribution in [0.4, 0.5) is 0 Å². The fraction of sp³-hybridized carbons (Fsp3) is 0.500. The number of rotatable bonds is 5. The van der Waals surface area contributed by atoms with Crippen LogP contribution in [-0.4, -0.2) is 23.4 Å². The van der Waals surface area contributed by atoms with Crippen LogP contribution in [0.1, 0.15) is 25.3 Å². The van der Waals surface area contributed by atoms with Gasteiger partial charge in [-0.3, -0.25) is 4.79 Å².